The minimum atomic E-state index is -0.444. The monoisotopic (exact) mass is 364 g/mol. The average Bonchev–Trinajstić information content (AvgIpc) is 3.00. The first-order valence-corrected chi connectivity index (χ1v) is 9.26. The number of likely N-dealkylation sites (N-methyl/N-ethyl adjacent to an activating group) is 1. The zero-order valence-corrected chi connectivity index (χ0v) is 15.8. The highest BCUT2D eigenvalue weighted by Gasteiger charge is 2.21. The third-order valence-electron chi connectivity index (χ3n) is 5.03. The highest BCUT2D eigenvalue weighted by Crippen LogP contribution is 2.14. The van der Waals surface area contributed by atoms with E-state index in [-0.39, 0.29) is 0 Å². The van der Waals surface area contributed by atoms with Gasteiger partial charge in [0.15, 0.2) is 11.2 Å². The molecule has 0 aliphatic carbocycles. The van der Waals surface area contributed by atoms with Gasteiger partial charge < -0.3 is 14.2 Å². The molecular weight excluding hydrogens is 336 g/mol. The summed E-state index contributed by atoms with van der Waals surface area (Å²) in [7, 11) is 1.63. The van der Waals surface area contributed by atoms with Gasteiger partial charge in [0, 0.05) is 46.4 Å². The Bertz CT molecular complexity index is 860. The lowest BCUT2D eigenvalue weighted by atomic mass is 10.3. The third kappa shape index (κ3) is 3.74. The van der Waals surface area contributed by atoms with Crippen molar-refractivity contribution in [2.75, 3.05) is 45.9 Å². The van der Waals surface area contributed by atoms with Crippen LogP contribution in [0.5, 0.6) is 0 Å². The van der Waals surface area contributed by atoms with E-state index in [9.17, 15) is 9.59 Å². The Morgan fingerprint density at radius 2 is 1.81 bits per heavy atom. The van der Waals surface area contributed by atoms with Crippen LogP contribution in [0.2, 0.25) is 0 Å². The van der Waals surface area contributed by atoms with Crippen LogP contribution < -0.4 is 11.2 Å². The van der Waals surface area contributed by atoms with E-state index < -0.39 is 11.2 Å². The van der Waals surface area contributed by atoms with E-state index in [1.54, 1.807) is 7.05 Å². The summed E-state index contributed by atoms with van der Waals surface area (Å²) in [6, 6.07) is 0. The molecule has 1 N–H and O–H groups in total. The zero-order valence-electron chi connectivity index (χ0n) is 15.8. The number of aryl methyl sites for hydroxylation is 1. The van der Waals surface area contributed by atoms with Gasteiger partial charge in [-0.15, -0.1) is 0 Å². The van der Waals surface area contributed by atoms with Crippen molar-refractivity contribution in [2.45, 2.75) is 26.9 Å². The predicted molar refractivity (Wildman–Crippen MR) is 99.5 cm³/mol. The summed E-state index contributed by atoms with van der Waals surface area (Å²) in [6.07, 6.45) is 0. The molecule has 26 heavy (non-hydrogen) atoms. The van der Waals surface area contributed by atoms with Crippen LogP contribution in [0.25, 0.3) is 11.2 Å². The molecule has 1 fully saturated rings. The Kier molecular flexibility index (Phi) is 5.90. The summed E-state index contributed by atoms with van der Waals surface area (Å²) in [5.74, 6) is 0.802. The molecule has 3 heterocycles. The highest BCUT2D eigenvalue weighted by atomic mass is 16.5. The molecule has 3 rings (SSSR count). The molecule has 0 amide bonds. The number of H-pyrrole nitrogens is 1. The van der Waals surface area contributed by atoms with Gasteiger partial charge in [0.1, 0.15) is 5.82 Å². The minimum absolute atomic E-state index is 0.394. The normalized spacial score (nSPS) is 16.6. The molecule has 1 saturated heterocycles. The number of aromatic nitrogens is 4. The topological polar surface area (TPSA) is 88.4 Å². The lowest BCUT2D eigenvalue weighted by molar-refractivity contribution is 0.123. The van der Waals surface area contributed by atoms with Crippen molar-refractivity contribution in [1.82, 2.24) is 28.9 Å². The van der Waals surface area contributed by atoms with Gasteiger partial charge in [-0.2, -0.15) is 0 Å². The lowest BCUT2D eigenvalue weighted by Gasteiger charge is -2.33. The van der Waals surface area contributed by atoms with Crippen LogP contribution in [-0.4, -0.2) is 74.8 Å². The average molecular weight is 364 g/mol. The Hall–Kier alpha value is -1.97. The second kappa shape index (κ2) is 8.15. The van der Waals surface area contributed by atoms with Crippen molar-refractivity contribution in [2.24, 2.45) is 7.05 Å². The van der Waals surface area contributed by atoms with Crippen molar-refractivity contribution >= 4 is 11.2 Å². The maximum Gasteiger partial charge on any atom is 0.329 e. The van der Waals surface area contributed by atoms with Gasteiger partial charge in [-0.05, 0) is 13.5 Å². The number of hydrogen-bond acceptors (Lipinski definition) is 6. The van der Waals surface area contributed by atoms with Crippen LogP contribution in [0.3, 0.4) is 0 Å². The van der Waals surface area contributed by atoms with Crippen molar-refractivity contribution in [3.05, 3.63) is 26.7 Å². The SMILES string of the molecule is CCOCCn1c(CN2CCN(CC)CC2)nc2c1c(=O)[nH]c(=O)n2C. The number of aromatic amines is 1. The van der Waals surface area contributed by atoms with E-state index in [1.807, 2.05) is 11.5 Å². The first kappa shape index (κ1) is 18.8. The number of fused-ring (bicyclic) bond motifs is 1. The van der Waals surface area contributed by atoms with Gasteiger partial charge in [0.2, 0.25) is 0 Å². The number of hydrogen-bond donors (Lipinski definition) is 1. The van der Waals surface area contributed by atoms with Crippen LogP contribution in [0, 0.1) is 0 Å². The van der Waals surface area contributed by atoms with Crippen LogP contribution in [0.1, 0.15) is 19.7 Å². The van der Waals surface area contributed by atoms with Crippen molar-refractivity contribution < 1.29 is 4.74 Å². The molecule has 0 unspecified atom stereocenters. The fraction of sp³-hybridized carbons (Fsp3) is 0.706. The molecule has 0 spiro atoms. The second-order valence-corrected chi connectivity index (χ2v) is 6.58. The maximum absolute atomic E-state index is 12.4. The van der Waals surface area contributed by atoms with Crippen LogP contribution in [-0.2, 0) is 24.9 Å². The van der Waals surface area contributed by atoms with Gasteiger partial charge in [-0.25, -0.2) is 9.78 Å². The molecule has 144 valence electrons. The molecule has 9 nitrogen and oxygen atoms in total. The molecule has 2 aromatic rings. The number of rotatable bonds is 7. The van der Waals surface area contributed by atoms with E-state index in [2.05, 4.69) is 26.7 Å². The lowest BCUT2D eigenvalue weighted by Crippen LogP contribution is -2.45. The highest BCUT2D eigenvalue weighted by molar-refractivity contribution is 5.70. The van der Waals surface area contributed by atoms with Gasteiger partial charge in [0.05, 0.1) is 13.2 Å². The summed E-state index contributed by atoms with van der Waals surface area (Å²) in [5, 5.41) is 0. The number of piperazine rings is 1. The summed E-state index contributed by atoms with van der Waals surface area (Å²) in [6.45, 7) is 11.5. The first-order valence-electron chi connectivity index (χ1n) is 9.26. The molecular formula is C17H28N6O3. The van der Waals surface area contributed by atoms with Crippen LogP contribution in [0.15, 0.2) is 9.59 Å². The first-order chi connectivity index (χ1) is 12.5. The van der Waals surface area contributed by atoms with E-state index in [0.29, 0.717) is 37.5 Å². The molecule has 0 saturated carbocycles. The molecule has 0 radical (unpaired) electrons. The molecule has 2 aromatic heterocycles. The summed E-state index contributed by atoms with van der Waals surface area (Å²) in [4.78, 5) is 36.1. The maximum atomic E-state index is 12.4. The summed E-state index contributed by atoms with van der Waals surface area (Å²) >= 11 is 0. The van der Waals surface area contributed by atoms with Crippen molar-refractivity contribution in [3.63, 3.8) is 0 Å². The van der Waals surface area contributed by atoms with Gasteiger partial charge in [-0.1, -0.05) is 6.92 Å². The molecule has 1 aliphatic heterocycles. The van der Waals surface area contributed by atoms with Crippen LogP contribution in [0.4, 0.5) is 0 Å². The summed E-state index contributed by atoms with van der Waals surface area (Å²) < 4.78 is 8.77. The third-order valence-corrected chi connectivity index (χ3v) is 5.03. The van der Waals surface area contributed by atoms with Gasteiger partial charge in [0.25, 0.3) is 5.56 Å². The Balaban J connectivity index is 1.94. The van der Waals surface area contributed by atoms with Crippen LogP contribution >= 0.6 is 0 Å². The van der Waals surface area contributed by atoms with E-state index in [0.717, 1.165) is 38.5 Å². The molecule has 0 atom stereocenters. The fourth-order valence-corrected chi connectivity index (χ4v) is 3.41. The van der Waals surface area contributed by atoms with E-state index in [1.165, 1.54) is 4.57 Å². The Morgan fingerprint density at radius 3 is 2.46 bits per heavy atom. The van der Waals surface area contributed by atoms with Gasteiger partial charge >= 0.3 is 5.69 Å². The quantitative estimate of drug-likeness (QED) is 0.673. The zero-order chi connectivity index (χ0) is 18.7. The number of nitrogens with one attached hydrogen (secondary N) is 1. The largest absolute Gasteiger partial charge is 0.380 e. The Morgan fingerprint density at radius 1 is 1.12 bits per heavy atom. The fourth-order valence-electron chi connectivity index (χ4n) is 3.41. The molecule has 1 aliphatic rings. The molecule has 9 heteroatoms. The van der Waals surface area contributed by atoms with Gasteiger partial charge in [-0.3, -0.25) is 19.2 Å². The summed E-state index contributed by atoms with van der Waals surface area (Å²) in [5.41, 5.74) is 0.0284. The standard InChI is InChI=1S/C17H28N6O3/c1-4-21-6-8-22(9-7-21)12-13-18-15-14(23(13)10-11-26-5-2)16(24)19-17(25)20(15)3/h4-12H2,1-3H3,(H,19,24,25). The number of imidazole rings is 1. The molecule has 0 aromatic carbocycles. The van der Waals surface area contributed by atoms with E-state index >= 15 is 0 Å². The minimum Gasteiger partial charge on any atom is -0.380 e. The van der Waals surface area contributed by atoms with Crippen molar-refractivity contribution in [3.8, 4) is 0 Å². The smallest absolute Gasteiger partial charge is 0.329 e. The Labute approximate surface area is 152 Å². The van der Waals surface area contributed by atoms with E-state index in [4.69, 9.17) is 4.74 Å². The predicted octanol–water partition coefficient (Wildman–Crippen LogP) is -0.403. The van der Waals surface area contributed by atoms with Crippen molar-refractivity contribution in [1.29, 1.82) is 0 Å². The number of ether oxygens (including phenoxy) is 1. The molecule has 0 bridgehead atoms. The second-order valence-electron chi connectivity index (χ2n) is 6.58. The number of nitrogens with zero attached hydrogens (tertiary/aromatic N) is 5.